The minimum Gasteiger partial charge on any atom is -0.478 e. The van der Waals surface area contributed by atoms with E-state index >= 15 is 0 Å². The first-order chi connectivity index (χ1) is 17.5. The maximum absolute atomic E-state index is 12.4. The number of nitrogens with one attached hydrogen (secondary N) is 2. The summed E-state index contributed by atoms with van der Waals surface area (Å²) < 4.78 is 12.4. The largest absolute Gasteiger partial charge is 0.478 e. The summed E-state index contributed by atoms with van der Waals surface area (Å²) in [4.78, 5) is 19.9. The molecule has 7 nitrogen and oxygen atoms in total. The Labute approximate surface area is 209 Å². The van der Waals surface area contributed by atoms with Crippen LogP contribution < -0.4 is 10.6 Å². The Morgan fingerprint density at radius 3 is 2.22 bits per heavy atom. The molecule has 186 valence electrons. The highest BCUT2D eigenvalue weighted by atomic mass is 19.1. The van der Waals surface area contributed by atoms with Gasteiger partial charge >= 0.3 is 5.97 Å². The van der Waals surface area contributed by atoms with Crippen molar-refractivity contribution < 1.29 is 19.4 Å². The van der Waals surface area contributed by atoms with Crippen LogP contribution in [0.4, 0.5) is 10.3 Å². The number of hydrogen-bond donors (Lipinski definition) is 4. The Morgan fingerprint density at radius 2 is 1.61 bits per heavy atom. The predicted octanol–water partition coefficient (Wildman–Crippen LogP) is 4.57. The molecule has 36 heavy (non-hydrogen) atoms. The van der Waals surface area contributed by atoms with Crippen molar-refractivity contribution in [2.45, 2.75) is 12.5 Å². The van der Waals surface area contributed by atoms with E-state index in [9.17, 15) is 19.4 Å². The molecular formula is C28H29FN4O3. The molecule has 0 bridgehead atoms. The number of anilines is 1. The van der Waals surface area contributed by atoms with E-state index in [4.69, 9.17) is 0 Å². The zero-order valence-electron chi connectivity index (χ0n) is 19.9. The van der Waals surface area contributed by atoms with Crippen molar-refractivity contribution in [3.05, 3.63) is 114 Å². The Bertz CT molecular complexity index is 1220. The molecule has 4 aromatic rings. The first-order valence-corrected chi connectivity index (χ1v) is 11.5. The number of aliphatic hydroxyl groups is 1. The van der Waals surface area contributed by atoms with Crippen LogP contribution in [0, 0.1) is 5.82 Å². The molecule has 1 atom stereocenters. The SMILES string of the molecule is CNCC(O)c1ccc(F)cc1.O=C(O)c1cnc(NCCc2ccccc2)nc1-c1ccccc1. The molecule has 0 aliphatic heterocycles. The maximum atomic E-state index is 12.4. The molecule has 4 rings (SSSR count). The first-order valence-electron chi connectivity index (χ1n) is 11.5. The van der Waals surface area contributed by atoms with Gasteiger partial charge < -0.3 is 20.8 Å². The second-order valence-electron chi connectivity index (χ2n) is 7.91. The lowest BCUT2D eigenvalue weighted by Gasteiger charge is -2.09. The highest BCUT2D eigenvalue weighted by molar-refractivity contribution is 5.94. The summed E-state index contributed by atoms with van der Waals surface area (Å²) in [7, 11) is 1.76. The molecule has 1 unspecified atom stereocenters. The molecule has 0 amide bonds. The lowest BCUT2D eigenvalue weighted by molar-refractivity contribution is 0.0697. The van der Waals surface area contributed by atoms with Crippen LogP contribution in [-0.2, 0) is 6.42 Å². The van der Waals surface area contributed by atoms with Crippen LogP contribution in [0.5, 0.6) is 0 Å². The summed E-state index contributed by atoms with van der Waals surface area (Å²) in [6.07, 6.45) is 1.63. The highest BCUT2D eigenvalue weighted by Gasteiger charge is 2.15. The summed E-state index contributed by atoms with van der Waals surface area (Å²) in [6, 6.07) is 25.2. The molecule has 0 spiro atoms. The van der Waals surface area contributed by atoms with Gasteiger partial charge in [-0.25, -0.2) is 19.2 Å². The number of aliphatic hydroxyl groups excluding tert-OH is 1. The first kappa shape index (κ1) is 26.5. The van der Waals surface area contributed by atoms with Gasteiger partial charge in [-0.3, -0.25) is 0 Å². The number of hydrogen-bond acceptors (Lipinski definition) is 6. The minimum atomic E-state index is -1.04. The summed E-state index contributed by atoms with van der Waals surface area (Å²) in [5.41, 5.74) is 3.21. The number of carboxylic acids is 1. The van der Waals surface area contributed by atoms with E-state index in [0.29, 0.717) is 24.7 Å². The van der Waals surface area contributed by atoms with Crippen molar-refractivity contribution in [3.8, 4) is 11.3 Å². The van der Waals surface area contributed by atoms with Gasteiger partial charge in [-0.15, -0.1) is 0 Å². The molecule has 0 aliphatic carbocycles. The average Bonchev–Trinajstić information content (AvgIpc) is 2.90. The van der Waals surface area contributed by atoms with Crippen molar-refractivity contribution >= 4 is 11.9 Å². The van der Waals surface area contributed by atoms with Gasteiger partial charge in [0, 0.05) is 24.8 Å². The number of aromatic nitrogens is 2. The number of aromatic carboxylic acids is 1. The van der Waals surface area contributed by atoms with Crippen molar-refractivity contribution in [2.24, 2.45) is 0 Å². The third-order valence-corrected chi connectivity index (χ3v) is 5.26. The van der Waals surface area contributed by atoms with Gasteiger partial charge in [-0.05, 0) is 36.7 Å². The lowest BCUT2D eigenvalue weighted by Crippen LogP contribution is -2.16. The third kappa shape index (κ3) is 7.97. The van der Waals surface area contributed by atoms with Crippen LogP contribution >= 0.6 is 0 Å². The van der Waals surface area contributed by atoms with Crippen LogP contribution in [0.3, 0.4) is 0 Å². The van der Waals surface area contributed by atoms with E-state index < -0.39 is 12.1 Å². The van der Waals surface area contributed by atoms with Crippen LogP contribution in [0.2, 0.25) is 0 Å². The van der Waals surface area contributed by atoms with Gasteiger partial charge in [0.05, 0.1) is 11.8 Å². The molecule has 1 aromatic heterocycles. The van der Waals surface area contributed by atoms with E-state index in [1.165, 1.54) is 23.9 Å². The van der Waals surface area contributed by atoms with Crippen molar-refractivity contribution in [3.63, 3.8) is 0 Å². The summed E-state index contributed by atoms with van der Waals surface area (Å²) in [5.74, 6) is -0.894. The lowest BCUT2D eigenvalue weighted by atomic mass is 10.1. The van der Waals surface area contributed by atoms with Crippen molar-refractivity contribution in [1.29, 1.82) is 0 Å². The topological polar surface area (TPSA) is 107 Å². The standard InChI is InChI=1S/C19H17N3O2.C9H12FNO/c23-18(24)16-13-21-19(20-12-11-14-7-3-1-4-8-14)22-17(16)15-9-5-2-6-10-15;1-11-6-9(12)7-2-4-8(10)5-3-7/h1-10,13H,11-12H2,(H,23,24)(H,20,21,22);2-5,9,11-12H,6H2,1H3. The number of nitrogens with zero attached hydrogens (tertiary/aromatic N) is 2. The number of likely N-dealkylation sites (N-methyl/N-ethyl adjacent to an activating group) is 1. The number of halogens is 1. The zero-order chi connectivity index (χ0) is 25.8. The third-order valence-electron chi connectivity index (χ3n) is 5.26. The quantitative estimate of drug-likeness (QED) is 0.273. The Morgan fingerprint density at radius 1 is 0.972 bits per heavy atom. The monoisotopic (exact) mass is 488 g/mol. The van der Waals surface area contributed by atoms with Crippen LogP contribution in [-0.4, -0.2) is 46.3 Å². The smallest absolute Gasteiger partial charge is 0.339 e. The Hall–Kier alpha value is -4.14. The van der Waals surface area contributed by atoms with Crippen LogP contribution in [0.15, 0.2) is 91.1 Å². The molecular weight excluding hydrogens is 459 g/mol. The number of benzene rings is 3. The van der Waals surface area contributed by atoms with E-state index in [-0.39, 0.29) is 11.4 Å². The van der Waals surface area contributed by atoms with E-state index in [0.717, 1.165) is 17.5 Å². The number of carbonyl (C=O) groups is 1. The summed E-state index contributed by atoms with van der Waals surface area (Å²) in [5, 5.41) is 24.8. The van der Waals surface area contributed by atoms with Gasteiger partial charge in [0.15, 0.2) is 0 Å². The molecule has 0 saturated carbocycles. The fraction of sp³-hybridized carbons (Fsp3) is 0.179. The summed E-state index contributed by atoms with van der Waals surface area (Å²) >= 11 is 0. The second kappa shape index (κ2) is 13.7. The van der Waals surface area contributed by atoms with Gasteiger partial charge in [0.1, 0.15) is 11.4 Å². The normalized spacial score (nSPS) is 11.2. The minimum absolute atomic E-state index is 0.0924. The van der Waals surface area contributed by atoms with E-state index in [1.807, 2.05) is 48.5 Å². The fourth-order valence-electron chi connectivity index (χ4n) is 3.40. The molecule has 3 aromatic carbocycles. The van der Waals surface area contributed by atoms with Crippen molar-refractivity contribution in [1.82, 2.24) is 15.3 Å². The van der Waals surface area contributed by atoms with Crippen LogP contribution in [0.1, 0.15) is 27.6 Å². The number of carboxylic acid groups (broad SMARTS) is 1. The van der Waals surface area contributed by atoms with Gasteiger partial charge in [0.25, 0.3) is 0 Å². The predicted molar refractivity (Wildman–Crippen MR) is 138 cm³/mol. The summed E-state index contributed by atoms with van der Waals surface area (Å²) in [6.45, 7) is 1.15. The molecule has 4 N–H and O–H groups in total. The molecule has 0 saturated heterocycles. The van der Waals surface area contributed by atoms with Gasteiger partial charge in [0.2, 0.25) is 5.95 Å². The van der Waals surface area contributed by atoms with Gasteiger partial charge in [-0.1, -0.05) is 72.8 Å². The second-order valence-corrected chi connectivity index (χ2v) is 7.91. The maximum Gasteiger partial charge on any atom is 0.339 e. The average molecular weight is 489 g/mol. The molecule has 1 heterocycles. The molecule has 0 aliphatic rings. The molecule has 8 heteroatoms. The van der Waals surface area contributed by atoms with E-state index in [2.05, 4.69) is 32.7 Å². The molecule has 0 radical (unpaired) electrons. The molecule has 0 fully saturated rings. The number of rotatable bonds is 9. The highest BCUT2D eigenvalue weighted by Crippen LogP contribution is 2.22. The fourth-order valence-corrected chi connectivity index (χ4v) is 3.40. The zero-order valence-corrected chi connectivity index (χ0v) is 19.9. The Balaban J connectivity index is 0.000000253. The van der Waals surface area contributed by atoms with Crippen LogP contribution in [0.25, 0.3) is 11.3 Å². The Kier molecular flexibility index (Phi) is 10.1. The van der Waals surface area contributed by atoms with Gasteiger partial charge in [-0.2, -0.15) is 0 Å². The van der Waals surface area contributed by atoms with E-state index in [1.54, 1.807) is 19.2 Å². The van der Waals surface area contributed by atoms with Crippen molar-refractivity contribution in [2.75, 3.05) is 25.5 Å².